The van der Waals surface area contributed by atoms with Crippen LogP contribution in [0.25, 0.3) is 0 Å². The first-order chi connectivity index (χ1) is 13.4. The van der Waals surface area contributed by atoms with Gasteiger partial charge in [0.2, 0.25) is 5.60 Å². The molecule has 2 saturated heterocycles. The van der Waals surface area contributed by atoms with E-state index in [1.807, 2.05) is 37.3 Å². The third-order valence-corrected chi connectivity index (χ3v) is 6.79. The zero-order valence-corrected chi connectivity index (χ0v) is 16.6. The highest BCUT2D eigenvalue weighted by Gasteiger charge is 2.70. The number of benzene rings is 1. The third-order valence-electron chi connectivity index (χ3n) is 6.79. The number of nitrogens with zero attached hydrogens (tertiary/aromatic N) is 1. The maximum atomic E-state index is 13.0. The Kier molecular flexibility index (Phi) is 4.80. The van der Waals surface area contributed by atoms with E-state index in [9.17, 15) is 9.90 Å². The van der Waals surface area contributed by atoms with Crippen molar-refractivity contribution in [3.05, 3.63) is 47.5 Å². The van der Waals surface area contributed by atoms with Crippen molar-refractivity contribution in [2.75, 3.05) is 0 Å². The SMILES string of the molecule is C/C1=C\CC[C@@]2(C)O[C@@H]2[C@H]2OC(=O)[C@@]3(CC(c4ccccc4)=NO3)[C@@H]2C[C@H]1O.O. The molecule has 0 radical (unpaired) electrons. The van der Waals surface area contributed by atoms with E-state index in [4.69, 9.17) is 14.3 Å². The fourth-order valence-corrected chi connectivity index (χ4v) is 4.88. The van der Waals surface area contributed by atoms with Crippen LogP contribution in [-0.4, -0.2) is 51.8 Å². The number of esters is 1. The smallest absolute Gasteiger partial charge is 0.354 e. The van der Waals surface area contributed by atoms with E-state index in [0.29, 0.717) is 12.8 Å². The maximum absolute atomic E-state index is 13.0. The highest BCUT2D eigenvalue weighted by atomic mass is 16.7. The van der Waals surface area contributed by atoms with E-state index in [0.717, 1.165) is 29.7 Å². The molecule has 1 aromatic rings. The fourth-order valence-electron chi connectivity index (χ4n) is 4.88. The van der Waals surface area contributed by atoms with Crippen LogP contribution in [0.15, 0.2) is 47.1 Å². The summed E-state index contributed by atoms with van der Waals surface area (Å²) in [5, 5.41) is 15.0. The van der Waals surface area contributed by atoms with Crippen LogP contribution in [0, 0.1) is 5.92 Å². The monoisotopic (exact) mass is 401 g/mol. The first-order valence-corrected chi connectivity index (χ1v) is 9.97. The predicted molar refractivity (Wildman–Crippen MR) is 105 cm³/mol. The summed E-state index contributed by atoms with van der Waals surface area (Å²) in [6.45, 7) is 4.00. The second-order valence-electron chi connectivity index (χ2n) is 8.63. The van der Waals surface area contributed by atoms with Crippen LogP contribution >= 0.6 is 0 Å². The standard InChI is InChI=1S/C22H25NO5.H2O/c1-13-7-6-10-21(2)19(27-21)18-15(11-17(13)24)22(20(25)26-18)12-16(23-28-22)14-8-4-3-5-9-14;/h3-5,7-9,15,17-19,24H,6,10-12H2,1-2H3;1H2/b13-7+;/t15-,17-,18+,19-,21-,22-;/m1./s1. The van der Waals surface area contributed by atoms with Crippen LogP contribution < -0.4 is 0 Å². The Labute approximate surface area is 169 Å². The van der Waals surface area contributed by atoms with E-state index < -0.39 is 23.8 Å². The summed E-state index contributed by atoms with van der Waals surface area (Å²) in [4.78, 5) is 18.9. The lowest BCUT2D eigenvalue weighted by atomic mass is 9.75. The minimum atomic E-state index is -1.19. The normalized spacial score (nSPS) is 42.4. The van der Waals surface area contributed by atoms with Crippen LogP contribution in [0.4, 0.5) is 0 Å². The summed E-state index contributed by atoms with van der Waals surface area (Å²) >= 11 is 0. The molecular weight excluding hydrogens is 374 g/mol. The highest BCUT2D eigenvalue weighted by Crippen LogP contribution is 2.54. The van der Waals surface area contributed by atoms with Gasteiger partial charge >= 0.3 is 5.97 Å². The Hall–Kier alpha value is -2.22. The Balaban J connectivity index is 0.00000205. The van der Waals surface area contributed by atoms with Gasteiger partial charge in [0.25, 0.3) is 0 Å². The van der Waals surface area contributed by atoms with E-state index in [-0.39, 0.29) is 23.1 Å². The molecule has 3 N–H and O–H groups in total. The minimum absolute atomic E-state index is 0. The average Bonchev–Trinajstić information content (AvgIpc) is 3.05. The lowest BCUT2D eigenvalue weighted by Gasteiger charge is -2.29. The number of carbonyl (C=O) groups excluding carboxylic acids is 1. The first kappa shape index (κ1) is 20.1. The number of aliphatic hydroxyl groups excluding tert-OH is 1. The number of rotatable bonds is 1. The Morgan fingerprint density at radius 3 is 2.76 bits per heavy atom. The third kappa shape index (κ3) is 3.08. The van der Waals surface area contributed by atoms with Gasteiger partial charge in [0.05, 0.1) is 23.3 Å². The number of carbonyl (C=O) groups is 1. The molecule has 156 valence electrons. The van der Waals surface area contributed by atoms with Gasteiger partial charge in [0.1, 0.15) is 12.2 Å². The molecule has 2 fully saturated rings. The van der Waals surface area contributed by atoms with Crippen molar-refractivity contribution in [3.8, 4) is 0 Å². The molecular formula is C22H27NO6. The molecule has 29 heavy (non-hydrogen) atoms. The van der Waals surface area contributed by atoms with Crippen LogP contribution in [0.5, 0.6) is 0 Å². The van der Waals surface area contributed by atoms with Gasteiger partial charge < -0.3 is 24.9 Å². The Morgan fingerprint density at radius 2 is 2.00 bits per heavy atom. The van der Waals surface area contributed by atoms with Gasteiger partial charge in [0, 0.05) is 6.42 Å². The van der Waals surface area contributed by atoms with Gasteiger partial charge in [0.15, 0.2) is 0 Å². The van der Waals surface area contributed by atoms with Crippen molar-refractivity contribution in [1.82, 2.24) is 0 Å². The molecule has 3 heterocycles. The molecule has 4 aliphatic rings. The molecule has 7 nitrogen and oxygen atoms in total. The molecule has 0 unspecified atom stereocenters. The maximum Gasteiger partial charge on any atom is 0.354 e. The van der Waals surface area contributed by atoms with E-state index in [1.54, 1.807) is 0 Å². The molecule has 0 aromatic heterocycles. The fraction of sp³-hybridized carbons (Fsp3) is 0.545. The zero-order valence-electron chi connectivity index (χ0n) is 16.6. The van der Waals surface area contributed by atoms with Crippen LogP contribution in [0.2, 0.25) is 0 Å². The zero-order chi connectivity index (χ0) is 19.5. The van der Waals surface area contributed by atoms with Gasteiger partial charge in [-0.1, -0.05) is 41.6 Å². The summed E-state index contributed by atoms with van der Waals surface area (Å²) < 4.78 is 11.8. The number of allylic oxidation sites excluding steroid dienone is 1. The molecule has 1 aliphatic carbocycles. The number of aliphatic hydroxyl groups is 1. The molecule has 1 spiro atoms. The second kappa shape index (κ2) is 6.93. The Morgan fingerprint density at radius 1 is 1.24 bits per heavy atom. The summed E-state index contributed by atoms with van der Waals surface area (Å²) in [6.07, 6.45) is 3.23. The van der Waals surface area contributed by atoms with Gasteiger partial charge in [-0.05, 0) is 44.2 Å². The van der Waals surface area contributed by atoms with Crippen molar-refractivity contribution in [2.24, 2.45) is 11.1 Å². The van der Waals surface area contributed by atoms with Gasteiger partial charge in [-0.2, -0.15) is 0 Å². The Bertz CT molecular complexity index is 867. The number of oxime groups is 1. The topological polar surface area (TPSA) is 112 Å². The predicted octanol–water partition coefficient (Wildman–Crippen LogP) is 1.92. The number of hydrogen-bond acceptors (Lipinski definition) is 6. The molecule has 0 bridgehead atoms. The highest BCUT2D eigenvalue weighted by molar-refractivity contribution is 6.05. The van der Waals surface area contributed by atoms with Crippen molar-refractivity contribution in [1.29, 1.82) is 0 Å². The summed E-state index contributed by atoms with van der Waals surface area (Å²) in [5.41, 5.74) is 1.09. The average molecular weight is 401 g/mol. The molecule has 1 aromatic carbocycles. The summed E-state index contributed by atoms with van der Waals surface area (Å²) in [5.74, 6) is -0.726. The van der Waals surface area contributed by atoms with Crippen molar-refractivity contribution in [2.45, 2.75) is 69.0 Å². The van der Waals surface area contributed by atoms with Gasteiger partial charge in [-0.15, -0.1) is 0 Å². The molecule has 0 amide bonds. The molecule has 7 heteroatoms. The van der Waals surface area contributed by atoms with Crippen molar-refractivity contribution < 1.29 is 29.7 Å². The van der Waals surface area contributed by atoms with Crippen LogP contribution in [0.3, 0.4) is 0 Å². The summed E-state index contributed by atoms with van der Waals surface area (Å²) in [6, 6.07) is 9.71. The molecule has 6 atom stereocenters. The number of epoxide rings is 1. The van der Waals surface area contributed by atoms with Crippen molar-refractivity contribution >= 4 is 11.7 Å². The molecule has 5 rings (SSSR count). The number of fused-ring (bicyclic) bond motifs is 4. The van der Waals surface area contributed by atoms with Gasteiger partial charge in [-0.25, -0.2) is 4.79 Å². The van der Waals surface area contributed by atoms with E-state index in [2.05, 4.69) is 18.2 Å². The van der Waals surface area contributed by atoms with Crippen LogP contribution in [-0.2, 0) is 19.1 Å². The van der Waals surface area contributed by atoms with Gasteiger partial charge in [-0.3, -0.25) is 0 Å². The first-order valence-electron chi connectivity index (χ1n) is 9.97. The number of hydrogen-bond donors (Lipinski definition) is 1. The van der Waals surface area contributed by atoms with Crippen molar-refractivity contribution in [3.63, 3.8) is 0 Å². The molecule has 3 aliphatic heterocycles. The minimum Gasteiger partial charge on any atom is -0.456 e. The number of ether oxygens (including phenoxy) is 2. The largest absolute Gasteiger partial charge is 0.456 e. The lowest BCUT2D eigenvalue weighted by Crippen LogP contribution is -2.45. The quantitative estimate of drug-likeness (QED) is 0.439. The molecule has 0 saturated carbocycles. The van der Waals surface area contributed by atoms with E-state index >= 15 is 0 Å². The second-order valence-corrected chi connectivity index (χ2v) is 8.63. The van der Waals surface area contributed by atoms with Crippen LogP contribution in [0.1, 0.15) is 45.1 Å². The summed E-state index contributed by atoms with van der Waals surface area (Å²) in [7, 11) is 0. The lowest BCUT2D eigenvalue weighted by molar-refractivity contribution is -0.159. The van der Waals surface area contributed by atoms with E-state index in [1.165, 1.54) is 0 Å².